The molecular weight excluding hydrogens is 432 g/mol. The first-order valence-corrected chi connectivity index (χ1v) is 11.7. The average molecular weight is 455 g/mol. The van der Waals surface area contributed by atoms with E-state index in [0.29, 0.717) is 10.9 Å². The van der Waals surface area contributed by atoms with Crippen molar-refractivity contribution >= 4 is 27.9 Å². The van der Waals surface area contributed by atoms with Crippen LogP contribution in [0.4, 0.5) is 5.69 Å². The van der Waals surface area contributed by atoms with Crippen molar-refractivity contribution < 1.29 is 0 Å². The number of rotatable bonds is 2. The Bertz CT molecular complexity index is 1670. The normalized spacial score (nSPS) is 14.7. The van der Waals surface area contributed by atoms with Crippen molar-refractivity contribution in [1.82, 2.24) is 13.7 Å². The molecule has 1 atom stereocenters. The van der Waals surface area contributed by atoms with Gasteiger partial charge in [0.2, 0.25) is 0 Å². The fourth-order valence-electron chi connectivity index (χ4n) is 4.98. The lowest BCUT2D eigenvalue weighted by Gasteiger charge is -2.30. The van der Waals surface area contributed by atoms with Crippen LogP contribution >= 0.6 is 11.3 Å². The first kappa shape index (κ1) is 19.8. The fraction of sp³-hybridized carbons (Fsp3) is 0.154. The molecule has 1 aliphatic rings. The molecule has 0 spiro atoms. The van der Waals surface area contributed by atoms with E-state index in [1.807, 2.05) is 41.8 Å². The van der Waals surface area contributed by atoms with Gasteiger partial charge in [-0.15, -0.1) is 11.3 Å². The number of nitrogens with one attached hydrogen (secondary N) is 1. The third-order valence-electron chi connectivity index (χ3n) is 6.55. The molecule has 0 radical (unpaired) electrons. The summed E-state index contributed by atoms with van der Waals surface area (Å²) in [6.07, 6.45) is 0. The molecule has 33 heavy (non-hydrogen) atoms. The second-order valence-electron chi connectivity index (χ2n) is 8.42. The van der Waals surface area contributed by atoms with Crippen LogP contribution in [-0.4, -0.2) is 13.7 Å². The molecule has 5 aromatic rings. The predicted octanol–water partition coefficient (Wildman–Crippen LogP) is 4.58. The van der Waals surface area contributed by atoms with Crippen LogP contribution in [0.25, 0.3) is 27.8 Å². The summed E-state index contributed by atoms with van der Waals surface area (Å²) in [5.74, 6) is 0. The topological polar surface area (TPSA) is 61.0 Å². The summed E-state index contributed by atoms with van der Waals surface area (Å²) in [6.45, 7) is 2.05. The average Bonchev–Trinajstić information content (AvgIpc) is 3.48. The summed E-state index contributed by atoms with van der Waals surface area (Å²) in [6, 6.07) is 20.1. The first-order chi connectivity index (χ1) is 16.0. The van der Waals surface area contributed by atoms with E-state index in [0.717, 1.165) is 38.8 Å². The number of thiophene rings is 1. The number of anilines is 1. The summed E-state index contributed by atoms with van der Waals surface area (Å²) in [7, 11) is 3.30. The van der Waals surface area contributed by atoms with Crippen LogP contribution in [0.3, 0.4) is 0 Å². The molecule has 3 aromatic heterocycles. The molecule has 0 fully saturated rings. The van der Waals surface area contributed by atoms with Gasteiger partial charge in [0.05, 0.1) is 33.7 Å². The molecule has 0 aliphatic carbocycles. The highest BCUT2D eigenvalue weighted by molar-refractivity contribution is 7.10. The molecule has 6 rings (SSSR count). The van der Waals surface area contributed by atoms with Crippen LogP contribution in [0.5, 0.6) is 0 Å². The van der Waals surface area contributed by atoms with Crippen LogP contribution in [0.15, 0.2) is 75.6 Å². The van der Waals surface area contributed by atoms with Gasteiger partial charge in [0.15, 0.2) is 0 Å². The van der Waals surface area contributed by atoms with Crippen LogP contribution in [-0.2, 0) is 14.1 Å². The quantitative estimate of drug-likeness (QED) is 0.425. The summed E-state index contributed by atoms with van der Waals surface area (Å²) in [5.41, 5.74) is 5.78. The summed E-state index contributed by atoms with van der Waals surface area (Å²) in [4.78, 5) is 27.8. The zero-order valence-corrected chi connectivity index (χ0v) is 19.3. The predicted molar refractivity (Wildman–Crippen MR) is 134 cm³/mol. The van der Waals surface area contributed by atoms with E-state index < -0.39 is 0 Å². The monoisotopic (exact) mass is 454 g/mol. The van der Waals surface area contributed by atoms with Gasteiger partial charge in [-0.3, -0.25) is 13.9 Å². The largest absolute Gasteiger partial charge is 0.370 e. The highest BCUT2D eigenvalue weighted by Gasteiger charge is 2.35. The third-order valence-corrected chi connectivity index (χ3v) is 7.49. The summed E-state index contributed by atoms with van der Waals surface area (Å²) >= 11 is 1.66. The molecule has 0 bridgehead atoms. The van der Waals surface area contributed by atoms with Crippen molar-refractivity contribution in [3.05, 3.63) is 103 Å². The molecule has 4 heterocycles. The Morgan fingerprint density at radius 3 is 2.42 bits per heavy atom. The maximum absolute atomic E-state index is 13.6. The standard InChI is InChI=1S/C26H22N4O2S/c1-15-9-4-5-10-16(15)22-20-23(28(2)26(32)29(3)25(20)31)24-21(19-13-8-14-33-19)27-17-11-6-7-12-18(17)30(22)24/h4-14,21,27H,1-3H3. The zero-order valence-electron chi connectivity index (χ0n) is 18.5. The van der Waals surface area contributed by atoms with E-state index in [1.54, 1.807) is 30.0 Å². The number of nitrogens with zero attached hydrogens (tertiary/aromatic N) is 3. The molecule has 7 heteroatoms. The van der Waals surface area contributed by atoms with Crippen LogP contribution in [0.1, 0.15) is 22.2 Å². The van der Waals surface area contributed by atoms with Crippen molar-refractivity contribution in [3.8, 4) is 16.9 Å². The minimum atomic E-state index is -0.332. The van der Waals surface area contributed by atoms with Gasteiger partial charge in [0.1, 0.15) is 6.04 Å². The molecule has 1 aliphatic heterocycles. The number of aromatic nitrogens is 3. The smallest absolute Gasteiger partial charge is 0.331 e. The van der Waals surface area contributed by atoms with E-state index >= 15 is 0 Å². The summed E-state index contributed by atoms with van der Waals surface area (Å²) < 4.78 is 5.00. The summed E-state index contributed by atoms with van der Waals surface area (Å²) in [5, 5.41) is 6.28. The van der Waals surface area contributed by atoms with E-state index in [-0.39, 0.29) is 17.3 Å². The third kappa shape index (κ3) is 2.66. The molecule has 6 nitrogen and oxygen atoms in total. The van der Waals surface area contributed by atoms with Gasteiger partial charge in [0, 0.05) is 24.5 Å². The van der Waals surface area contributed by atoms with E-state index in [4.69, 9.17) is 0 Å². The molecule has 1 unspecified atom stereocenters. The second kappa shape index (κ2) is 7.08. The molecule has 0 saturated carbocycles. The highest BCUT2D eigenvalue weighted by Crippen LogP contribution is 2.46. The Labute approximate surface area is 194 Å². The number of benzene rings is 2. The maximum Gasteiger partial charge on any atom is 0.331 e. The Hall–Kier alpha value is -3.84. The van der Waals surface area contributed by atoms with Gasteiger partial charge in [0.25, 0.3) is 5.56 Å². The molecule has 1 N–H and O–H groups in total. The lowest BCUT2D eigenvalue weighted by Crippen LogP contribution is -2.37. The second-order valence-corrected chi connectivity index (χ2v) is 9.40. The number of fused-ring (bicyclic) bond motifs is 5. The highest BCUT2D eigenvalue weighted by atomic mass is 32.1. The Morgan fingerprint density at radius 2 is 1.67 bits per heavy atom. The van der Waals surface area contributed by atoms with Gasteiger partial charge < -0.3 is 9.88 Å². The van der Waals surface area contributed by atoms with Crippen molar-refractivity contribution in [2.45, 2.75) is 13.0 Å². The SMILES string of the molecule is Cc1ccccc1-c1c2c(=O)n(C)c(=O)n(C)c2c2n1-c1ccccc1NC2c1cccs1. The van der Waals surface area contributed by atoms with Crippen molar-refractivity contribution in [3.63, 3.8) is 0 Å². The maximum atomic E-state index is 13.6. The first-order valence-electron chi connectivity index (χ1n) is 10.8. The number of hydrogen-bond acceptors (Lipinski definition) is 4. The van der Waals surface area contributed by atoms with Crippen molar-refractivity contribution in [1.29, 1.82) is 0 Å². The lowest BCUT2D eigenvalue weighted by molar-refractivity contribution is 0.709. The molecule has 2 aromatic carbocycles. The van der Waals surface area contributed by atoms with Crippen LogP contribution < -0.4 is 16.6 Å². The Morgan fingerprint density at radius 1 is 0.909 bits per heavy atom. The van der Waals surface area contributed by atoms with Crippen molar-refractivity contribution in [2.75, 3.05) is 5.32 Å². The number of para-hydroxylation sites is 2. The molecular formula is C26H22N4O2S. The van der Waals surface area contributed by atoms with Gasteiger partial charge in [-0.2, -0.15) is 0 Å². The van der Waals surface area contributed by atoms with Gasteiger partial charge in [-0.05, 0) is 36.1 Å². The van der Waals surface area contributed by atoms with E-state index in [2.05, 4.69) is 41.1 Å². The molecule has 164 valence electrons. The van der Waals surface area contributed by atoms with Crippen molar-refractivity contribution in [2.24, 2.45) is 14.1 Å². The van der Waals surface area contributed by atoms with Gasteiger partial charge in [-0.25, -0.2) is 4.79 Å². The zero-order chi connectivity index (χ0) is 22.9. The van der Waals surface area contributed by atoms with E-state index in [9.17, 15) is 9.59 Å². The fourth-order valence-corrected chi connectivity index (χ4v) is 5.76. The number of aryl methyl sites for hydroxylation is 2. The Kier molecular flexibility index (Phi) is 4.25. The minimum absolute atomic E-state index is 0.196. The molecule has 0 saturated heterocycles. The van der Waals surface area contributed by atoms with Gasteiger partial charge >= 0.3 is 5.69 Å². The Balaban J connectivity index is 1.91. The minimum Gasteiger partial charge on any atom is -0.370 e. The van der Waals surface area contributed by atoms with Crippen LogP contribution in [0, 0.1) is 6.92 Å². The van der Waals surface area contributed by atoms with E-state index in [1.165, 1.54) is 4.57 Å². The number of hydrogen-bond donors (Lipinski definition) is 1. The molecule has 0 amide bonds. The van der Waals surface area contributed by atoms with Gasteiger partial charge in [-0.1, -0.05) is 42.5 Å². The van der Waals surface area contributed by atoms with Crippen LogP contribution in [0.2, 0.25) is 0 Å². The lowest BCUT2D eigenvalue weighted by atomic mass is 10.0.